The fraction of sp³-hybridized carbons (Fsp3) is 0.438. The maximum Gasteiger partial charge on any atom is 0.416 e. The fourth-order valence-corrected chi connectivity index (χ4v) is 5.93. The minimum absolute atomic E-state index is 0.0287. The molecule has 0 atom stereocenters. The molecule has 0 bridgehead atoms. The smallest absolute Gasteiger partial charge is 0.416 e. The van der Waals surface area contributed by atoms with Gasteiger partial charge in [-0.25, -0.2) is 27.6 Å². The second kappa shape index (κ2) is 14.3. The molecule has 0 aliphatic heterocycles. The third-order valence-electron chi connectivity index (χ3n) is 6.83. The second-order valence-corrected chi connectivity index (χ2v) is 14.1. The lowest BCUT2D eigenvalue weighted by Gasteiger charge is -2.27. The van der Waals surface area contributed by atoms with Crippen molar-refractivity contribution in [3.8, 4) is 0 Å². The van der Waals surface area contributed by atoms with E-state index in [1.807, 2.05) is 13.8 Å². The predicted octanol–water partition coefficient (Wildman–Crippen LogP) is 6.30. The largest absolute Gasteiger partial charge is 0.480 e. The molecular formula is C32H41FN4O6S. The van der Waals surface area contributed by atoms with Gasteiger partial charge in [0.1, 0.15) is 23.8 Å². The van der Waals surface area contributed by atoms with Gasteiger partial charge in [0.2, 0.25) is 0 Å². The van der Waals surface area contributed by atoms with Gasteiger partial charge in [-0.2, -0.15) is 4.31 Å². The molecule has 3 aromatic rings. The summed E-state index contributed by atoms with van der Waals surface area (Å²) in [6.45, 7) is 9.82. The number of unbranched alkanes of at least 4 members (excludes halogenated alkanes) is 1. The number of aromatic nitrogens is 2. The zero-order valence-corrected chi connectivity index (χ0v) is 26.9. The Morgan fingerprint density at radius 3 is 2.32 bits per heavy atom. The molecule has 0 aliphatic rings. The molecular weight excluding hydrogens is 587 g/mol. The van der Waals surface area contributed by atoms with Gasteiger partial charge >= 0.3 is 12.1 Å². The maximum atomic E-state index is 15.4. The average molecular weight is 629 g/mol. The summed E-state index contributed by atoms with van der Waals surface area (Å²) in [6, 6.07) is 13.8. The number of nitrogens with zero attached hydrogens (tertiary/aromatic N) is 4. The molecule has 2 heterocycles. The van der Waals surface area contributed by atoms with Crippen molar-refractivity contribution in [1.82, 2.24) is 14.3 Å². The highest BCUT2D eigenvalue weighted by Crippen LogP contribution is 2.32. The molecule has 1 N–H and O–H groups in total. The minimum atomic E-state index is -4.19. The van der Waals surface area contributed by atoms with Gasteiger partial charge in [0.05, 0.1) is 12.2 Å². The van der Waals surface area contributed by atoms with E-state index >= 15 is 4.39 Å². The van der Waals surface area contributed by atoms with Crippen molar-refractivity contribution in [2.24, 2.45) is 0 Å². The van der Waals surface area contributed by atoms with Crippen LogP contribution >= 0.6 is 0 Å². The Morgan fingerprint density at radius 1 is 1.00 bits per heavy atom. The van der Waals surface area contributed by atoms with Crippen molar-refractivity contribution in [1.29, 1.82) is 0 Å². The number of carboxylic acid groups (broad SMARTS) is 1. The zero-order valence-electron chi connectivity index (χ0n) is 26.1. The summed E-state index contributed by atoms with van der Waals surface area (Å²) in [4.78, 5) is 33.7. The van der Waals surface area contributed by atoms with E-state index < -0.39 is 45.5 Å². The Morgan fingerprint density at radius 2 is 1.73 bits per heavy atom. The fourth-order valence-electron chi connectivity index (χ4n) is 4.60. The molecule has 3 rings (SSSR count). The molecule has 1 amide bonds. The van der Waals surface area contributed by atoms with Crippen molar-refractivity contribution in [2.75, 3.05) is 11.4 Å². The van der Waals surface area contributed by atoms with Crippen molar-refractivity contribution in [3.63, 3.8) is 0 Å². The molecule has 1 aromatic carbocycles. The summed E-state index contributed by atoms with van der Waals surface area (Å²) in [5.74, 6) is -1.73. The zero-order chi connectivity index (χ0) is 32.7. The first-order chi connectivity index (χ1) is 20.5. The van der Waals surface area contributed by atoms with Crippen LogP contribution in [0.4, 0.5) is 15.0 Å². The third-order valence-corrected chi connectivity index (χ3v) is 8.54. The molecule has 0 aliphatic carbocycles. The number of rotatable bonds is 13. The van der Waals surface area contributed by atoms with E-state index in [-0.39, 0.29) is 29.6 Å². The van der Waals surface area contributed by atoms with E-state index in [0.717, 1.165) is 28.5 Å². The quantitative estimate of drug-likeness (QED) is 0.233. The van der Waals surface area contributed by atoms with Crippen LogP contribution in [0.25, 0.3) is 0 Å². The van der Waals surface area contributed by atoms with Crippen molar-refractivity contribution in [3.05, 3.63) is 83.4 Å². The number of carbonyl (C=O) groups excluding carboxylic acids is 1. The van der Waals surface area contributed by atoms with Crippen LogP contribution in [0.3, 0.4) is 0 Å². The number of carbonyl (C=O) groups is 2. The molecule has 12 heteroatoms. The summed E-state index contributed by atoms with van der Waals surface area (Å²) < 4.78 is 49.5. The number of sulfonamides is 1. The second-order valence-electron chi connectivity index (χ2n) is 12.2. The summed E-state index contributed by atoms with van der Waals surface area (Å²) in [5.41, 5.74) is -0.0784. The number of hydrogen-bond donors (Lipinski definition) is 1. The summed E-state index contributed by atoms with van der Waals surface area (Å²) in [5, 5.41) is 9.24. The summed E-state index contributed by atoms with van der Waals surface area (Å²) in [7, 11) is -4.19. The van der Waals surface area contributed by atoms with Crippen LogP contribution in [0.5, 0.6) is 0 Å². The van der Waals surface area contributed by atoms with E-state index in [0.29, 0.717) is 11.1 Å². The van der Waals surface area contributed by atoms with E-state index in [1.165, 1.54) is 30.5 Å². The summed E-state index contributed by atoms with van der Waals surface area (Å²) in [6.07, 6.45) is 3.20. The van der Waals surface area contributed by atoms with Crippen LogP contribution in [-0.2, 0) is 38.1 Å². The first-order valence-electron chi connectivity index (χ1n) is 14.4. The van der Waals surface area contributed by atoms with E-state index in [2.05, 4.69) is 16.9 Å². The standard InChI is InChI=1S/C32H41FN4O6S/c1-7-8-17-32(5,6)25-16-15-23(19-26(25)33)20-36(44(41,42)28-14-9-10-18-34-28)21-24-12-11-13-27(35-24)37(22-29(38)39)30(40)43-31(2,3)4/h9-16,18-19H,7-8,17,20-22H2,1-6H3,(H,38,39). The van der Waals surface area contributed by atoms with Gasteiger partial charge in [-0.05, 0) is 74.1 Å². The molecule has 0 unspecified atom stereocenters. The van der Waals surface area contributed by atoms with E-state index in [4.69, 9.17) is 4.74 Å². The number of amides is 1. The van der Waals surface area contributed by atoms with Crippen molar-refractivity contribution < 1.29 is 32.2 Å². The van der Waals surface area contributed by atoms with Gasteiger partial charge in [-0.1, -0.05) is 57.9 Å². The van der Waals surface area contributed by atoms with E-state index in [1.54, 1.807) is 51.1 Å². The Balaban J connectivity index is 2.00. The number of halogens is 1. The molecule has 44 heavy (non-hydrogen) atoms. The van der Waals surface area contributed by atoms with Crippen molar-refractivity contribution >= 4 is 27.9 Å². The first kappa shape index (κ1) is 34.6. The lowest BCUT2D eigenvalue weighted by Crippen LogP contribution is -2.40. The Hall–Kier alpha value is -3.90. The number of pyridine rings is 2. The van der Waals surface area contributed by atoms with Gasteiger partial charge in [-0.15, -0.1) is 0 Å². The predicted molar refractivity (Wildman–Crippen MR) is 165 cm³/mol. The molecule has 2 aromatic heterocycles. The first-order valence-corrected chi connectivity index (χ1v) is 15.9. The molecule has 10 nitrogen and oxygen atoms in total. The highest BCUT2D eigenvalue weighted by atomic mass is 32.2. The van der Waals surface area contributed by atoms with Gasteiger partial charge in [0.15, 0.2) is 5.03 Å². The number of anilines is 1. The molecule has 238 valence electrons. The molecule has 0 saturated carbocycles. The molecule has 0 fully saturated rings. The van der Waals surface area contributed by atoms with Gasteiger partial charge in [0, 0.05) is 12.7 Å². The summed E-state index contributed by atoms with van der Waals surface area (Å²) >= 11 is 0. The number of hydrogen-bond acceptors (Lipinski definition) is 7. The van der Waals surface area contributed by atoms with E-state index in [9.17, 15) is 23.1 Å². The minimum Gasteiger partial charge on any atom is -0.480 e. The SMILES string of the molecule is CCCCC(C)(C)c1ccc(CN(Cc2cccc(N(CC(=O)O)C(=O)OC(C)(C)C)n2)S(=O)(=O)c2ccccn2)cc1F. The Labute approximate surface area is 259 Å². The van der Waals surface area contributed by atoms with Crippen LogP contribution in [0, 0.1) is 5.82 Å². The number of aliphatic carboxylic acids is 1. The topological polar surface area (TPSA) is 130 Å². The van der Waals surface area contributed by atoms with Gasteiger partial charge in [-0.3, -0.25) is 9.69 Å². The van der Waals surface area contributed by atoms with Gasteiger partial charge < -0.3 is 9.84 Å². The number of carboxylic acids is 1. The number of benzene rings is 1. The monoisotopic (exact) mass is 628 g/mol. The number of ether oxygens (including phenoxy) is 1. The molecule has 0 saturated heterocycles. The lowest BCUT2D eigenvalue weighted by molar-refractivity contribution is -0.135. The average Bonchev–Trinajstić information content (AvgIpc) is 2.94. The van der Waals surface area contributed by atoms with Crippen LogP contribution in [0.1, 0.15) is 77.6 Å². The third kappa shape index (κ3) is 9.30. The van der Waals surface area contributed by atoms with Crippen LogP contribution in [0.2, 0.25) is 0 Å². The lowest BCUT2D eigenvalue weighted by atomic mass is 9.79. The highest BCUT2D eigenvalue weighted by molar-refractivity contribution is 7.89. The van der Waals surface area contributed by atoms with Crippen LogP contribution < -0.4 is 4.90 Å². The molecule has 0 radical (unpaired) electrons. The normalized spacial score (nSPS) is 12.3. The van der Waals surface area contributed by atoms with Gasteiger partial charge in [0.25, 0.3) is 10.0 Å². The maximum absolute atomic E-state index is 15.4. The Bertz CT molecular complexity index is 1560. The van der Waals surface area contributed by atoms with Crippen LogP contribution in [0.15, 0.2) is 65.8 Å². The van der Waals surface area contributed by atoms with Crippen LogP contribution in [-0.4, -0.2) is 52.0 Å². The highest BCUT2D eigenvalue weighted by Gasteiger charge is 2.30. The Kier molecular flexibility index (Phi) is 11.2. The van der Waals surface area contributed by atoms with Crippen molar-refractivity contribution in [2.45, 2.75) is 89.9 Å². The molecule has 0 spiro atoms.